The molecule has 1 aliphatic rings. The molecular weight excluding hydrogens is 473 g/mol. The number of halogens is 3. The van der Waals surface area contributed by atoms with E-state index in [9.17, 15) is 21.6 Å². The Morgan fingerprint density at radius 2 is 2.00 bits per heavy atom. The molecule has 0 atom stereocenters. The van der Waals surface area contributed by atoms with Gasteiger partial charge in [-0.05, 0) is 30.8 Å². The third kappa shape index (κ3) is 4.76. The van der Waals surface area contributed by atoms with E-state index in [4.69, 9.17) is 4.74 Å². The van der Waals surface area contributed by atoms with Crippen LogP contribution in [0.25, 0.3) is 0 Å². The van der Waals surface area contributed by atoms with Gasteiger partial charge in [-0.1, -0.05) is 12.1 Å². The topological polar surface area (TPSA) is 111 Å². The van der Waals surface area contributed by atoms with Crippen molar-refractivity contribution in [3.63, 3.8) is 0 Å². The van der Waals surface area contributed by atoms with Crippen LogP contribution in [0.2, 0.25) is 0 Å². The predicted molar refractivity (Wildman–Crippen MR) is 116 cm³/mol. The maximum Gasteiger partial charge on any atom is 0.418 e. The van der Waals surface area contributed by atoms with Gasteiger partial charge >= 0.3 is 6.18 Å². The van der Waals surface area contributed by atoms with Crippen molar-refractivity contribution < 1.29 is 26.3 Å². The summed E-state index contributed by atoms with van der Waals surface area (Å²) in [4.78, 5) is 3.24. The molecule has 0 unspecified atom stereocenters. The van der Waals surface area contributed by atoms with Gasteiger partial charge in [0.15, 0.2) is 0 Å². The lowest BCUT2D eigenvalue weighted by molar-refractivity contribution is -0.138. The Hall–Kier alpha value is -3.03. The quantitative estimate of drug-likeness (QED) is 0.492. The Bertz CT molecular complexity index is 1290. The van der Waals surface area contributed by atoms with Gasteiger partial charge in [-0.3, -0.25) is 4.98 Å². The van der Waals surface area contributed by atoms with Crippen molar-refractivity contribution in [2.24, 2.45) is 7.05 Å². The van der Waals surface area contributed by atoms with Crippen molar-refractivity contribution in [3.05, 3.63) is 65.5 Å². The molecule has 34 heavy (non-hydrogen) atoms. The van der Waals surface area contributed by atoms with Crippen LogP contribution in [0.3, 0.4) is 0 Å². The first-order valence-electron chi connectivity index (χ1n) is 10.3. The van der Waals surface area contributed by atoms with Crippen LogP contribution in [0, 0.1) is 0 Å². The normalized spacial score (nSPS) is 15.7. The lowest BCUT2D eigenvalue weighted by atomic mass is 9.75. The van der Waals surface area contributed by atoms with Crippen LogP contribution in [0.5, 0.6) is 0 Å². The first-order chi connectivity index (χ1) is 16.0. The largest absolute Gasteiger partial charge is 0.418 e. The fourth-order valence-corrected chi connectivity index (χ4v) is 4.46. The minimum absolute atomic E-state index is 0.245. The highest BCUT2D eigenvalue weighted by Crippen LogP contribution is 2.37. The number of nitrogens with one attached hydrogen (secondary N) is 2. The Morgan fingerprint density at radius 1 is 1.24 bits per heavy atom. The lowest BCUT2D eigenvalue weighted by Gasteiger charge is -2.41. The summed E-state index contributed by atoms with van der Waals surface area (Å²) in [6, 6.07) is 7.96. The summed E-state index contributed by atoms with van der Waals surface area (Å²) >= 11 is 0. The number of nitrogens with zero attached hydrogens (tertiary/aromatic N) is 4. The molecule has 0 radical (unpaired) electrons. The van der Waals surface area contributed by atoms with E-state index >= 15 is 0 Å². The third-order valence-electron chi connectivity index (χ3n) is 5.82. The van der Waals surface area contributed by atoms with Crippen molar-refractivity contribution >= 4 is 15.7 Å². The number of hydrogen-bond acceptors (Lipinski definition) is 7. The molecule has 13 heteroatoms. The van der Waals surface area contributed by atoms with Crippen LogP contribution in [0.15, 0.2) is 47.8 Å². The predicted octanol–water partition coefficient (Wildman–Crippen LogP) is 2.26. The molecular formula is C21H23F3N6O3S. The maximum absolute atomic E-state index is 13.6. The highest BCUT2D eigenvalue weighted by atomic mass is 32.2. The monoisotopic (exact) mass is 496 g/mol. The molecule has 3 heterocycles. The number of benzene rings is 1. The summed E-state index contributed by atoms with van der Waals surface area (Å²) in [5.41, 5.74) is -0.168. The van der Waals surface area contributed by atoms with Crippen LogP contribution >= 0.6 is 0 Å². The van der Waals surface area contributed by atoms with E-state index in [2.05, 4.69) is 20.5 Å². The number of aromatic nitrogens is 4. The van der Waals surface area contributed by atoms with Gasteiger partial charge < -0.3 is 14.6 Å². The maximum atomic E-state index is 13.6. The highest BCUT2D eigenvalue weighted by molar-refractivity contribution is 7.89. The summed E-state index contributed by atoms with van der Waals surface area (Å²) in [5, 5.41) is 11.0. The second kappa shape index (κ2) is 8.96. The molecule has 1 aromatic carbocycles. The smallest absolute Gasteiger partial charge is 0.379 e. The second-order valence-corrected chi connectivity index (χ2v) is 10.00. The van der Waals surface area contributed by atoms with E-state index < -0.39 is 26.7 Å². The molecule has 0 aliphatic carbocycles. The van der Waals surface area contributed by atoms with Crippen LogP contribution in [-0.4, -0.2) is 48.4 Å². The van der Waals surface area contributed by atoms with E-state index in [-0.39, 0.29) is 17.7 Å². The highest BCUT2D eigenvalue weighted by Gasteiger charge is 2.42. The zero-order chi connectivity index (χ0) is 24.6. The molecule has 9 nitrogen and oxygen atoms in total. The van der Waals surface area contributed by atoms with Gasteiger partial charge in [0.2, 0.25) is 10.0 Å². The number of rotatable bonds is 8. The molecule has 0 spiro atoms. The van der Waals surface area contributed by atoms with E-state index in [0.717, 1.165) is 24.6 Å². The van der Waals surface area contributed by atoms with E-state index in [1.165, 1.54) is 0 Å². The van der Waals surface area contributed by atoms with E-state index in [1.54, 1.807) is 12.4 Å². The Kier molecular flexibility index (Phi) is 6.36. The lowest BCUT2D eigenvalue weighted by Crippen LogP contribution is -2.49. The van der Waals surface area contributed by atoms with Gasteiger partial charge in [0.1, 0.15) is 17.0 Å². The van der Waals surface area contributed by atoms with Crippen LogP contribution in [-0.2, 0) is 46.4 Å². The average Bonchev–Trinajstić information content (AvgIpc) is 3.18. The molecule has 1 fully saturated rings. The second-order valence-electron chi connectivity index (χ2n) is 8.11. The van der Waals surface area contributed by atoms with Crippen LogP contribution in [0.4, 0.5) is 18.9 Å². The molecule has 2 aromatic heterocycles. The first kappa shape index (κ1) is 24.1. The zero-order valence-electron chi connectivity index (χ0n) is 18.4. The van der Waals surface area contributed by atoms with Crippen LogP contribution < -0.4 is 10.0 Å². The number of pyridine rings is 1. The van der Waals surface area contributed by atoms with Gasteiger partial charge in [0.05, 0.1) is 31.0 Å². The molecule has 0 bridgehead atoms. The van der Waals surface area contributed by atoms with Gasteiger partial charge in [-0.2, -0.15) is 13.2 Å². The fraction of sp³-hybridized carbons (Fsp3) is 0.381. The standard InChI is InChI=1S/C21H23F3N6O3S/c1-25-34(31,32)16-7-17(21(22,23)24)18(27-9-16)10-26-15-5-3-4-14(6-15)20(11-33-12-20)8-19-29-28-13-30(19)2/h3-7,9,13,25-26H,8,10-12H2,1-2H3. The summed E-state index contributed by atoms with van der Waals surface area (Å²) in [7, 11) is -1.08. The first-order valence-corrected chi connectivity index (χ1v) is 11.8. The van der Waals surface area contributed by atoms with Gasteiger partial charge in [-0.15, -0.1) is 10.2 Å². The summed E-state index contributed by atoms with van der Waals surface area (Å²) in [6.45, 7) is 0.736. The SMILES string of the molecule is CNS(=O)(=O)c1cnc(CNc2cccc(C3(Cc4nncn4C)COC3)c2)c(C(F)(F)F)c1. The molecule has 1 aliphatic heterocycles. The molecule has 1 saturated heterocycles. The number of ether oxygens (including phenoxy) is 1. The molecule has 4 rings (SSSR count). The number of hydrogen-bond donors (Lipinski definition) is 2. The Labute approximate surface area is 194 Å². The minimum Gasteiger partial charge on any atom is -0.379 e. The molecule has 0 saturated carbocycles. The summed E-state index contributed by atoms with van der Waals surface area (Å²) in [6.07, 6.45) is -1.63. The van der Waals surface area contributed by atoms with Crippen molar-refractivity contribution in [1.29, 1.82) is 0 Å². The molecule has 3 aromatic rings. The van der Waals surface area contributed by atoms with Gasteiger partial charge in [0, 0.05) is 30.8 Å². The number of sulfonamides is 1. The van der Waals surface area contributed by atoms with E-state index in [0.29, 0.717) is 31.4 Å². The summed E-state index contributed by atoms with van der Waals surface area (Å²) < 4.78 is 74.0. The average molecular weight is 497 g/mol. The number of alkyl halides is 3. The Balaban J connectivity index is 1.57. The molecule has 2 N–H and O–H groups in total. The van der Waals surface area contributed by atoms with Gasteiger partial charge in [-0.25, -0.2) is 13.1 Å². The zero-order valence-corrected chi connectivity index (χ0v) is 19.2. The molecule has 0 amide bonds. The van der Waals surface area contributed by atoms with Crippen LogP contribution in [0.1, 0.15) is 22.6 Å². The van der Waals surface area contributed by atoms with Crippen molar-refractivity contribution in [2.45, 2.75) is 29.5 Å². The third-order valence-corrected chi connectivity index (χ3v) is 7.20. The van der Waals surface area contributed by atoms with Crippen molar-refractivity contribution in [1.82, 2.24) is 24.5 Å². The van der Waals surface area contributed by atoms with Crippen molar-refractivity contribution in [3.8, 4) is 0 Å². The Morgan fingerprint density at radius 3 is 2.59 bits per heavy atom. The van der Waals surface area contributed by atoms with E-state index in [1.807, 2.05) is 34.5 Å². The van der Waals surface area contributed by atoms with Crippen molar-refractivity contribution in [2.75, 3.05) is 25.6 Å². The van der Waals surface area contributed by atoms with Gasteiger partial charge in [0.25, 0.3) is 0 Å². The molecule has 182 valence electrons. The minimum atomic E-state index is -4.77. The number of aryl methyl sites for hydroxylation is 1. The number of anilines is 1. The fourth-order valence-electron chi connectivity index (χ4n) is 3.76. The summed E-state index contributed by atoms with van der Waals surface area (Å²) in [5.74, 6) is 0.803.